The van der Waals surface area contributed by atoms with Gasteiger partial charge in [-0.3, -0.25) is 9.69 Å². The Morgan fingerprint density at radius 1 is 1.48 bits per heavy atom. The molecular weight excluding hydrogens is 270 g/mol. The summed E-state index contributed by atoms with van der Waals surface area (Å²) in [5, 5.41) is 2.84. The third kappa shape index (κ3) is 4.34. The number of rotatable bonds is 5. The predicted molar refractivity (Wildman–Crippen MR) is 82.5 cm³/mol. The number of hydrogen-bond donors (Lipinski definition) is 2. The lowest BCUT2D eigenvalue weighted by atomic mass is 10.1. The summed E-state index contributed by atoms with van der Waals surface area (Å²) in [5.74, 6) is 0.602. The van der Waals surface area contributed by atoms with Crippen LogP contribution < -0.4 is 15.8 Å². The summed E-state index contributed by atoms with van der Waals surface area (Å²) in [4.78, 5) is 14.2. The topological polar surface area (TPSA) is 76.8 Å². The van der Waals surface area contributed by atoms with Crippen LogP contribution in [0, 0.1) is 0 Å². The number of anilines is 2. The third-order valence-corrected chi connectivity index (χ3v) is 3.74. The van der Waals surface area contributed by atoms with E-state index in [2.05, 4.69) is 10.2 Å². The number of nitrogens with one attached hydrogen (secondary N) is 1. The molecule has 1 fully saturated rings. The first-order valence-corrected chi connectivity index (χ1v) is 7.11. The van der Waals surface area contributed by atoms with Crippen LogP contribution in [0.4, 0.5) is 11.4 Å². The molecule has 0 radical (unpaired) electrons. The standard InChI is InChI=1S/C15H23N3O3/c1-18(11-5-7-21-8-6-11)10-15(19)17-14-4-3-12(20-2)9-13(14)16/h3-4,9,11H,5-8,10,16H2,1-2H3,(H,17,19). The number of benzene rings is 1. The molecular formula is C15H23N3O3. The SMILES string of the molecule is COc1ccc(NC(=O)CN(C)C2CCOCC2)c(N)c1. The first-order valence-electron chi connectivity index (χ1n) is 7.11. The van der Waals surface area contributed by atoms with Crippen LogP contribution in [0.5, 0.6) is 5.75 Å². The van der Waals surface area contributed by atoms with Crippen LogP contribution in [-0.2, 0) is 9.53 Å². The first kappa shape index (κ1) is 15.6. The van der Waals surface area contributed by atoms with Gasteiger partial charge in [-0.2, -0.15) is 0 Å². The van der Waals surface area contributed by atoms with Gasteiger partial charge in [0.05, 0.1) is 25.0 Å². The Morgan fingerprint density at radius 3 is 2.81 bits per heavy atom. The summed E-state index contributed by atoms with van der Waals surface area (Å²) >= 11 is 0. The van der Waals surface area contributed by atoms with Crippen molar-refractivity contribution in [1.82, 2.24) is 4.90 Å². The van der Waals surface area contributed by atoms with E-state index in [1.807, 2.05) is 7.05 Å². The summed E-state index contributed by atoms with van der Waals surface area (Å²) in [6.45, 7) is 1.88. The molecule has 0 atom stereocenters. The van der Waals surface area contributed by atoms with Gasteiger partial charge in [0.25, 0.3) is 0 Å². The Bertz CT molecular complexity index is 487. The molecule has 1 aliphatic heterocycles. The second kappa shape index (κ2) is 7.28. The molecule has 3 N–H and O–H groups in total. The van der Waals surface area contributed by atoms with Gasteiger partial charge < -0.3 is 20.5 Å². The van der Waals surface area contributed by atoms with Crippen LogP contribution in [0.25, 0.3) is 0 Å². The quantitative estimate of drug-likeness (QED) is 0.801. The fourth-order valence-corrected chi connectivity index (χ4v) is 2.45. The number of ether oxygens (including phenoxy) is 2. The summed E-state index contributed by atoms with van der Waals surface area (Å²) in [6, 6.07) is 5.62. The molecule has 1 amide bonds. The molecule has 6 nitrogen and oxygen atoms in total. The minimum atomic E-state index is -0.0686. The highest BCUT2D eigenvalue weighted by molar-refractivity contribution is 5.95. The van der Waals surface area contributed by atoms with Gasteiger partial charge in [0.1, 0.15) is 5.75 Å². The van der Waals surface area contributed by atoms with Gasteiger partial charge in [-0.05, 0) is 32.0 Å². The number of hydrogen-bond acceptors (Lipinski definition) is 5. The van der Waals surface area contributed by atoms with Crippen molar-refractivity contribution in [2.45, 2.75) is 18.9 Å². The number of methoxy groups -OCH3 is 1. The number of amides is 1. The van der Waals surface area contributed by atoms with Crippen LogP contribution in [-0.4, -0.2) is 50.8 Å². The summed E-state index contributed by atoms with van der Waals surface area (Å²) in [5.41, 5.74) is 7.00. The van der Waals surface area contributed by atoms with Gasteiger partial charge >= 0.3 is 0 Å². The van der Waals surface area contributed by atoms with Crippen molar-refractivity contribution >= 4 is 17.3 Å². The predicted octanol–water partition coefficient (Wildman–Crippen LogP) is 1.33. The van der Waals surface area contributed by atoms with Crippen molar-refractivity contribution in [1.29, 1.82) is 0 Å². The van der Waals surface area contributed by atoms with Crippen molar-refractivity contribution < 1.29 is 14.3 Å². The van der Waals surface area contributed by atoms with Crippen molar-refractivity contribution in [2.24, 2.45) is 0 Å². The second-order valence-electron chi connectivity index (χ2n) is 5.26. The number of nitrogens with two attached hydrogens (primary N) is 1. The summed E-state index contributed by atoms with van der Waals surface area (Å²) < 4.78 is 10.4. The van der Waals surface area contributed by atoms with Crippen molar-refractivity contribution in [3.8, 4) is 5.75 Å². The van der Waals surface area contributed by atoms with Gasteiger partial charge in [-0.15, -0.1) is 0 Å². The van der Waals surface area contributed by atoms with Crippen molar-refractivity contribution in [3.05, 3.63) is 18.2 Å². The number of carbonyl (C=O) groups excluding carboxylic acids is 1. The highest BCUT2D eigenvalue weighted by atomic mass is 16.5. The average molecular weight is 293 g/mol. The number of nitrogens with zero attached hydrogens (tertiary/aromatic N) is 1. The van der Waals surface area contributed by atoms with Crippen LogP contribution >= 0.6 is 0 Å². The third-order valence-electron chi connectivity index (χ3n) is 3.74. The maximum Gasteiger partial charge on any atom is 0.238 e. The lowest BCUT2D eigenvalue weighted by Crippen LogP contribution is -2.41. The number of carbonyl (C=O) groups is 1. The molecule has 0 saturated carbocycles. The van der Waals surface area contributed by atoms with E-state index in [0.29, 0.717) is 29.7 Å². The van der Waals surface area contributed by atoms with Gasteiger partial charge in [0, 0.05) is 25.3 Å². The van der Waals surface area contributed by atoms with E-state index in [1.165, 1.54) is 0 Å². The monoisotopic (exact) mass is 293 g/mol. The highest BCUT2D eigenvalue weighted by Gasteiger charge is 2.20. The second-order valence-corrected chi connectivity index (χ2v) is 5.26. The van der Waals surface area contributed by atoms with Gasteiger partial charge in [-0.1, -0.05) is 0 Å². The van der Waals surface area contributed by atoms with Crippen LogP contribution in [0.1, 0.15) is 12.8 Å². The lowest BCUT2D eigenvalue weighted by molar-refractivity contribution is -0.118. The molecule has 1 saturated heterocycles. The van der Waals surface area contributed by atoms with E-state index in [-0.39, 0.29) is 5.91 Å². The molecule has 0 aliphatic carbocycles. The smallest absolute Gasteiger partial charge is 0.238 e. The Morgan fingerprint density at radius 2 is 2.19 bits per heavy atom. The van der Waals surface area contributed by atoms with E-state index >= 15 is 0 Å². The molecule has 1 heterocycles. The molecule has 1 aliphatic rings. The van der Waals surface area contributed by atoms with E-state index in [0.717, 1.165) is 26.1 Å². The normalized spacial score (nSPS) is 16.0. The van der Waals surface area contributed by atoms with E-state index in [9.17, 15) is 4.79 Å². The Kier molecular flexibility index (Phi) is 5.41. The fraction of sp³-hybridized carbons (Fsp3) is 0.533. The van der Waals surface area contributed by atoms with Gasteiger partial charge in [0.2, 0.25) is 5.91 Å². The molecule has 0 spiro atoms. The zero-order chi connectivity index (χ0) is 15.2. The minimum absolute atomic E-state index is 0.0686. The molecule has 116 valence electrons. The van der Waals surface area contributed by atoms with Gasteiger partial charge in [0.15, 0.2) is 0 Å². The lowest BCUT2D eigenvalue weighted by Gasteiger charge is -2.30. The zero-order valence-corrected chi connectivity index (χ0v) is 12.6. The van der Waals surface area contributed by atoms with E-state index in [4.69, 9.17) is 15.2 Å². The minimum Gasteiger partial charge on any atom is -0.497 e. The Labute approximate surface area is 125 Å². The number of likely N-dealkylation sites (N-methyl/N-ethyl adjacent to an activating group) is 1. The van der Waals surface area contributed by atoms with Gasteiger partial charge in [-0.25, -0.2) is 0 Å². The molecule has 1 aromatic rings. The van der Waals surface area contributed by atoms with Crippen molar-refractivity contribution in [2.75, 3.05) is 45.0 Å². The zero-order valence-electron chi connectivity index (χ0n) is 12.6. The summed E-state index contributed by atoms with van der Waals surface area (Å²) in [7, 11) is 3.54. The largest absolute Gasteiger partial charge is 0.497 e. The van der Waals surface area contributed by atoms with Crippen LogP contribution in [0.2, 0.25) is 0 Å². The Hall–Kier alpha value is -1.79. The molecule has 0 unspecified atom stereocenters. The highest BCUT2D eigenvalue weighted by Crippen LogP contribution is 2.24. The van der Waals surface area contributed by atoms with E-state index in [1.54, 1.807) is 25.3 Å². The molecule has 6 heteroatoms. The molecule has 1 aromatic carbocycles. The molecule has 0 aromatic heterocycles. The van der Waals surface area contributed by atoms with Crippen molar-refractivity contribution in [3.63, 3.8) is 0 Å². The van der Waals surface area contributed by atoms with Crippen LogP contribution in [0.3, 0.4) is 0 Å². The van der Waals surface area contributed by atoms with Crippen LogP contribution in [0.15, 0.2) is 18.2 Å². The molecule has 21 heavy (non-hydrogen) atoms. The maximum atomic E-state index is 12.1. The number of nitrogen functional groups attached to an aromatic ring is 1. The molecule has 0 bridgehead atoms. The van der Waals surface area contributed by atoms with E-state index < -0.39 is 0 Å². The molecule has 2 rings (SSSR count). The summed E-state index contributed by atoms with van der Waals surface area (Å²) in [6.07, 6.45) is 1.93. The Balaban J connectivity index is 1.89. The first-order chi connectivity index (χ1) is 10.1. The maximum absolute atomic E-state index is 12.1. The fourth-order valence-electron chi connectivity index (χ4n) is 2.45. The average Bonchev–Trinajstić information content (AvgIpc) is 2.50.